The van der Waals surface area contributed by atoms with Gasteiger partial charge in [-0.25, -0.2) is 13.4 Å². The first-order chi connectivity index (χ1) is 8.03. The Kier molecular flexibility index (Phi) is 3.32. The van der Waals surface area contributed by atoms with Crippen LogP contribution in [0.2, 0.25) is 0 Å². The Hall–Kier alpha value is -1.18. The van der Waals surface area contributed by atoms with Gasteiger partial charge in [0.05, 0.1) is 13.2 Å². The quantitative estimate of drug-likeness (QED) is 0.810. The molecule has 6 nitrogen and oxygen atoms in total. The molecule has 1 aliphatic rings. The minimum Gasteiger partial charge on any atom is -0.383 e. The number of hydrogen-bond donors (Lipinski definition) is 1. The van der Waals surface area contributed by atoms with Crippen molar-refractivity contribution in [1.82, 2.24) is 9.29 Å². The highest BCUT2D eigenvalue weighted by Crippen LogP contribution is 2.23. The number of nitrogens with zero attached hydrogens (tertiary/aromatic N) is 2. The van der Waals surface area contributed by atoms with Crippen LogP contribution >= 0.6 is 0 Å². The predicted octanol–water partition coefficient (Wildman–Crippen LogP) is 0.0732. The number of rotatable bonds is 2. The summed E-state index contributed by atoms with van der Waals surface area (Å²) in [6.07, 6.45) is 1.47. The highest BCUT2D eigenvalue weighted by molar-refractivity contribution is 7.89. The minimum atomic E-state index is -3.58. The van der Waals surface area contributed by atoms with Gasteiger partial charge in [0.25, 0.3) is 0 Å². The largest absolute Gasteiger partial charge is 0.383 e. The van der Waals surface area contributed by atoms with E-state index in [1.54, 1.807) is 6.07 Å². The highest BCUT2D eigenvalue weighted by atomic mass is 32.2. The first kappa shape index (κ1) is 12.3. The molecule has 1 aromatic rings. The Balaban J connectivity index is 2.39. The molecule has 0 aliphatic carbocycles. The summed E-state index contributed by atoms with van der Waals surface area (Å²) < 4.78 is 31.4. The molecule has 1 aromatic heterocycles. The van der Waals surface area contributed by atoms with E-state index < -0.39 is 10.0 Å². The maximum atomic E-state index is 12.4. The number of ether oxygens (including phenoxy) is 1. The Morgan fingerprint density at radius 3 is 3.00 bits per heavy atom. The van der Waals surface area contributed by atoms with Crippen LogP contribution in [0.5, 0.6) is 0 Å². The first-order valence-electron chi connectivity index (χ1n) is 5.33. The van der Waals surface area contributed by atoms with Crippen LogP contribution in [0.15, 0.2) is 23.2 Å². The maximum Gasteiger partial charge on any atom is 0.247 e. The number of nitrogen functional groups attached to an aromatic ring is 1. The molecular weight excluding hydrogens is 242 g/mol. The maximum absolute atomic E-state index is 12.4. The van der Waals surface area contributed by atoms with Gasteiger partial charge in [0.2, 0.25) is 10.0 Å². The van der Waals surface area contributed by atoms with E-state index in [1.807, 2.05) is 6.92 Å². The summed E-state index contributed by atoms with van der Waals surface area (Å²) in [6.45, 7) is 2.96. The molecule has 0 aromatic carbocycles. The molecule has 2 heterocycles. The fraction of sp³-hybridized carbons (Fsp3) is 0.500. The molecule has 0 radical (unpaired) electrons. The second kappa shape index (κ2) is 4.59. The van der Waals surface area contributed by atoms with Gasteiger partial charge in [-0.15, -0.1) is 0 Å². The topological polar surface area (TPSA) is 85.5 Å². The summed E-state index contributed by atoms with van der Waals surface area (Å²) in [4.78, 5) is 3.87. The number of nitrogens with two attached hydrogens (primary N) is 1. The van der Waals surface area contributed by atoms with Gasteiger partial charge in [0, 0.05) is 18.8 Å². The second-order valence-corrected chi connectivity index (χ2v) is 5.79. The lowest BCUT2D eigenvalue weighted by molar-refractivity contribution is 0.0393. The van der Waals surface area contributed by atoms with E-state index >= 15 is 0 Å². The van der Waals surface area contributed by atoms with E-state index in [4.69, 9.17) is 10.5 Å². The van der Waals surface area contributed by atoms with Gasteiger partial charge in [-0.3, -0.25) is 0 Å². The van der Waals surface area contributed by atoms with Crippen molar-refractivity contribution in [3.63, 3.8) is 0 Å². The summed E-state index contributed by atoms with van der Waals surface area (Å²) in [5.41, 5.74) is 5.61. The summed E-state index contributed by atoms with van der Waals surface area (Å²) in [5.74, 6) is 0.0335. The molecule has 1 aliphatic heterocycles. The predicted molar refractivity (Wildman–Crippen MR) is 62.8 cm³/mol. The van der Waals surface area contributed by atoms with Crippen LogP contribution < -0.4 is 5.73 Å². The van der Waals surface area contributed by atoms with Crippen molar-refractivity contribution >= 4 is 15.8 Å². The number of sulfonamides is 1. The zero-order chi connectivity index (χ0) is 12.5. The van der Waals surface area contributed by atoms with Gasteiger partial charge < -0.3 is 10.5 Å². The average Bonchev–Trinajstić information content (AvgIpc) is 2.29. The van der Waals surface area contributed by atoms with Crippen LogP contribution in [0.25, 0.3) is 0 Å². The van der Waals surface area contributed by atoms with E-state index in [1.165, 1.54) is 16.6 Å². The van der Waals surface area contributed by atoms with Crippen LogP contribution in [0.3, 0.4) is 0 Å². The third kappa shape index (κ3) is 2.26. The van der Waals surface area contributed by atoms with Gasteiger partial charge >= 0.3 is 0 Å². The van der Waals surface area contributed by atoms with E-state index in [2.05, 4.69) is 4.98 Å². The normalized spacial score (nSPS) is 22.5. The Labute approximate surface area is 100 Å². The van der Waals surface area contributed by atoms with Gasteiger partial charge in [0.15, 0.2) is 0 Å². The van der Waals surface area contributed by atoms with E-state index in [-0.39, 0.29) is 16.8 Å². The lowest BCUT2D eigenvalue weighted by Crippen LogP contribution is -2.47. The molecule has 0 saturated carbocycles. The molecule has 1 atom stereocenters. The van der Waals surface area contributed by atoms with Crippen molar-refractivity contribution < 1.29 is 13.2 Å². The molecule has 7 heteroatoms. The second-order valence-electron chi connectivity index (χ2n) is 3.93. The molecule has 94 valence electrons. The Bertz CT molecular complexity index is 503. The van der Waals surface area contributed by atoms with Crippen molar-refractivity contribution in [3.05, 3.63) is 18.3 Å². The van der Waals surface area contributed by atoms with Crippen molar-refractivity contribution in [2.24, 2.45) is 0 Å². The molecular formula is C10H15N3O3S. The molecule has 0 bridgehead atoms. The third-order valence-corrected chi connectivity index (χ3v) is 4.75. The first-order valence-corrected chi connectivity index (χ1v) is 6.77. The number of hydrogen-bond acceptors (Lipinski definition) is 5. The zero-order valence-corrected chi connectivity index (χ0v) is 10.4. The monoisotopic (exact) mass is 257 g/mol. The number of morpholine rings is 1. The molecule has 17 heavy (non-hydrogen) atoms. The fourth-order valence-electron chi connectivity index (χ4n) is 1.82. The van der Waals surface area contributed by atoms with Gasteiger partial charge in [-0.2, -0.15) is 4.31 Å². The number of aromatic nitrogens is 1. The van der Waals surface area contributed by atoms with E-state index in [9.17, 15) is 8.42 Å². The summed E-state index contributed by atoms with van der Waals surface area (Å²) in [5, 5.41) is 0. The van der Waals surface area contributed by atoms with Gasteiger partial charge in [-0.05, 0) is 19.1 Å². The number of anilines is 1. The molecule has 2 rings (SSSR count). The average molecular weight is 257 g/mol. The van der Waals surface area contributed by atoms with Crippen molar-refractivity contribution in [3.8, 4) is 0 Å². The van der Waals surface area contributed by atoms with Crippen molar-refractivity contribution in [2.75, 3.05) is 25.5 Å². The number of pyridine rings is 1. The lowest BCUT2D eigenvalue weighted by Gasteiger charge is -2.32. The van der Waals surface area contributed by atoms with Crippen LogP contribution in [-0.2, 0) is 14.8 Å². The van der Waals surface area contributed by atoms with E-state index in [0.717, 1.165) is 0 Å². The summed E-state index contributed by atoms with van der Waals surface area (Å²) in [7, 11) is -3.58. The minimum absolute atomic E-state index is 0.0335. The Morgan fingerprint density at radius 2 is 2.35 bits per heavy atom. The summed E-state index contributed by atoms with van der Waals surface area (Å²) >= 11 is 0. The molecule has 1 unspecified atom stereocenters. The van der Waals surface area contributed by atoms with Crippen LogP contribution in [0, 0.1) is 0 Å². The van der Waals surface area contributed by atoms with Crippen molar-refractivity contribution in [2.45, 2.75) is 17.9 Å². The van der Waals surface area contributed by atoms with Crippen LogP contribution in [0.4, 0.5) is 5.82 Å². The Morgan fingerprint density at radius 1 is 1.59 bits per heavy atom. The molecule has 1 saturated heterocycles. The van der Waals surface area contributed by atoms with E-state index in [0.29, 0.717) is 19.8 Å². The van der Waals surface area contributed by atoms with Crippen molar-refractivity contribution in [1.29, 1.82) is 0 Å². The highest BCUT2D eigenvalue weighted by Gasteiger charge is 2.32. The zero-order valence-electron chi connectivity index (χ0n) is 9.54. The fourth-order valence-corrected chi connectivity index (χ4v) is 3.49. The summed E-state index contributed by atoms with van der Waals surface area (Å²) in [6, 6.07) is 2.85. The molecule has 1 fully saturated rings. The van der Waals surface area contributed by atoms with Gasteiger partial charge in [-0.1, -0.05) is 0 Å². The van der Waals surface area contributed by atoms with Crippen LogP contribution in [0.1, 0.15) is 6.92 Å². The van der Waals surface area contributed by atoms with Crippen LogP contribution in [-0.4, -0.2) is 43.5 Å². The third-order valence-electron chi connectivity index (χ3n) is 2.69. The molecule has 0 amide bonds. The van der Waals surface area contributed by atoms with Gasteiger partial charge in [0.1, 0.15) is 10.7 Å². The molecule has 0 spiro atoms. The molecule has 2 N–H and O–H groups in total. The standard InChI is InChI=1S/C10H15N3O3S/c1-8-7-16-6-5-13(8)17(14,15)9-3-2-4-12-10(9)11/h2-4,8H,5-7H2,1H3,(H2,11,12). The smallest absolute Gasteiger partial charge is 0.247 e. The lowest BCUT2D eigenvalue weighted by atomic mass is 10.3. The SMILES string of the molecule is CC1COCCN1S(=O)(=O)c1cccnc1N.